The van der Waals surface area contributed by atoms with Crippen molar-refractivity contribution in [3.8, 4) is 11.3 Å². The van der Waals surface area contributed by atoms with Crippen molar-refractivity contribution in [1.82, 2.24) is 19.3 Å². The van der Waals surface area contributed by atoms with Crippen LogP contribution in [0.1, 0.15) is 0 Å². The van der Waals surface area contributed by atoms with Crippen LogP contribution in [-0.2, 0) is 0 Å². The number of halogens is 2. The lowest BCUT2D eigenvalue weighted by atomic mass is 10.1. The average Bonchev–Trinajstić information content (AvgIpc) is 3.30. The van der Waals surface area contributed by atoms with Crippen LogP contribution in [0.2, 0.25) is 0 Å². The maximum Gasteiger partial charge on any atom is 0.251 e. The molecule has 0 amide bonds. The largest absolute Gasteiger partial charge is 0.369 e. The van der Waals surface area contributed by atoms with E-state index >= 15 is 0 Å². The van der Waals surface area contributed by atoms with E-state index < -0.39 is 6.43 Å². The summed E-state index contributed by atoms with van der Waals surface area (Å²) in [7, 11) is 0. The molecule has 33 heavy (non-hydrogen) atoms. The molecule has 0 unspecified atom stereocenters. The predicted molar refractivity (Wildman–Crippen MR) is 126 cm³/mol. The van der Waals surface area contributed by atoms with Crippen LogP contribution in [0, 0.1) is 0 Å². The van der Waals surface area contributed by atoms with E-state index in [4.69, 9.17) is 0 Å². The van der Waals surface area contributed by atoms with Crippen molar-refractivity contribution in [2.24, 2.45) is 0 Å². The molecule has 1 fully saturated rings. The van der Waals surface area contributed by atoms with Crippen LogP contribution in [0.3, 0.4) is 0 Å². The summed E-state index contributed by atoms with van der Waals surface area (Å²) < 4.78 is 27.1. The topological polar surface area (TPSA) is 68.7 Å². The number of anilines is 3. The highest BCUT2D eigenvalue weighted by molar-refractivity contribution is 5.78. The molecule has 0 bridgehead atoms. The maximum atomic E-state index is 12.6. The lowest BCUT2D eigenvalue weighted by Gasteiger charge is -2.36. The summed E-state index contributed by atoms with van der Waals surface area (Å²) in [6.07, 6.45) is 2.95. The average molecular weight is 450 g/mol. The van der Waals surface area contributed by atoms with Crippen LogP contribution in [0.4, 0.5) is 25.8 Å². The first-order chi connectivity index (χ1) is 16.1. The summed E-state index contributed by atoms with van der Waals surface area (Å²) in [5.74, 6) is 0. The Labute approximate surface area is 189 Å². The van der Waals surface area contributed by atoms with Gasteiger partial charge >= 0.3 is 0 Å². The highest BCUT2D eigenvalue weighted by Crippen LogP contribution is 2.28. The zero-order valence-electron chi connectivity index (χ0n) is 17.9. The number of benzene rings is 1. The Morgan fingerprint density at radius 3 is 2.55 bits per heavy atom. The number of rotatable bonds is 6. The predicted octanol–water partition coefficient (Wildman–Crippen LogP) is 3.82. The standard InChI is InChI=1S/C24H24F2N6O/c25-22(26)16-30-11-13-31(14-12-30)19-3-1-18(2-4-19)29-20-5-6-21(32-10-9-28-24(20)32)17-7-8-27-23(33)15-17/h1-10,15,22,29H,11-14,16H2,(H,27,33). The van der Waals surface area contributed by atoms with Gasteiger partial charge in [0.1, 0.15) is 0 Å². The van der Waals surface area contributed by atoms with Gasteiger partial charge in [0, 0.05) is 67.8 Å². The molecule has 2 N–H and O–H groups in total. The molecule has 1 aliphatic rings. The zero-order chi connectivity index (χ0) is 22.8. The Bertz CT molecular complexity index is 1290. The van der Waals surface area contributed by atoms with Crippen LogP contribution < -0.4 is 15.8 Å². The Balaban J connectivity index is 1.31. The van der Waals surface area contributed by atoms with E-state index in [9.17, 15) is 13.6 Å². The van der Waals surface area contributed by atoms with Gasteiger partial charge in [-0.3, -0.25) is 14.1 Å². The second-order valence-corrected chi connectivity index (χ2v) is 8.05. The van der Waals surface area contributed by atoms with E-state index in [0.717, 1.165) is 47.1 Å². The van der Waals surface area contributed by atoms with Crippen LogP contribution >= 0.6 is 0 Å². The SMILES string of the molecule is O=c1cc(-c2ccc(Nc3ccc(N4CCN(CC(F)F)CC4)cc3)c3nccn23)cc[nH]1. The van der Waals surface area contributed by atoms with E-state index in [2.05, 4.69) is 20.2 Å². The fourth-order valence-electron chi connectivity index (χ4n) is 4.25. The molecule has 0 aliphatic carbocycles. The maximum absolute atomic E-state index is 12.6. The highest BCUT2D eigenvalue weighted by Gasteiger charge is 2.19. The Kier molecular flexibility index (Phi) is 5.78. The number of hydrogen-bond acceptors (Lipinski definition) is 5. The third-order valence-electron chi connectivity index (χ3n) is 5.90. The minimum absolute atomic E-state index is 0.154. The smallest absolute Gasteiger partial charge is 0.251 e. The molecule has 1 saturated heterocycles. The molecule has 9 heteroatoms. The Morgan fingerprint density at radius 2 is 1.82 bits per heavy atom. The molecule has 0 radical (unpaired) electrons. The molecule has 0 atom stereocenters. The first-order valence-electron chi connectivity index (χ1n) is 10.8. The molecule has 170 valence electrons. The first-order valence-corrected chi connectivity index (χ1v) is 10.8. The molecule has 4 aromatic rings. The number of aromatic nitrogens is 3. The number of pyridine rings is 2. The fraction of sp³-hybridized carbons (Fsp3) is 0.250. The lowest BCUT2D eigenvalue weighted by molar-refractivity contribution is 0.0854. The monoisotopic (exact) mass is 450 g/mol. The summed E-state index contributed by atoms with van der Waals surface area (Å²) in [6.45, 7) is 2.60. The minimum Gasteiger partial charge on any atom is -0.369 e. The van der Waals surface area contributed by atoms with Gasteiger partial charge in [-0.2, -0.15) is 0 Å². The van der Waals surface area contributed by atoms with E-state index in [-0.39, 0.29) is 12.1 Å². The number of alkyl halides is 2. The molecule has 4 heterocycles. The molecule has 3 aromatic heterocycles. The summed E-state index contributed by atoms with van der Waals surface area (Å²) in [5.41, 5.74) is 5.14. The first kappa shape index (κ1) is 21.1. The number of hydrogen-bond donors (Lipinski definition) is 2. The van der Waals surface area contributed by atoms with Crippen LogP contribution in [0.15, 0.2) is 71.9 Å². The van der Waals surface area contributed by atoms with Gasteiger partial charge in [0.2, 0.25) is 5.56 Å². The molecule has 1 aliphatic heterocycles. The van der Waals surface area contributed by atoms with Crippen molar-refractivity contribution in [2.75, 3.05) is 42.9 Å². The summed E-state index contributed by atoms with van der Waals surface area (Å²) in [5, 5.41) is 3.42. The Hall–Kier alpha value is -3.72. The second-order valence-electron chi connectivity index (χ2n) is 8.05. The third kappa shape index (κ3) is 4.58. The summed E-state index contributed by atoms with van der Waals surface area (Å²) in [6, 6.07) is 15.4. The summed E-state index contributed by atoms with van der Waals surface area (Å²) in [4.78, 5) is 22.9. The van der Waals surface area contributed by atoms with Gasteiger partial charge in [-0.05, 0) is 42.5 Å². The second kappa shape index (κ2) is 9.03. The van der Waals surface area contributed by atoms with E-state index in [1.54, 1.807) is 18.5 Å². The number of H-pyrrole nitrogens is 1. The van der Waals surface area contributed by atoms with E-state index in [1.807, 2.05) is 58.0 Å². The van der Waals surface area contributed by atoms with Gasteiger partial charge < -0.3 is 15.2 Å². The molecular formula is C24H24F2N6O. The van der Waals surface area contributed by atoms with E-state index in [1.165, 1.54) is 0 Å². The molecule has 0 saturated carbocycles. The van der Waals surface area contributed by atoms with Crippen LogP contribution in [0.25, 0.3) is 16.9 Å². The van der Waals surface area contributed by atoms with Crippen molar-refractivity contribution < 1.29 is 8.78 Å². The Morgan fingerprint density at radius 1 is 1.03 bits per heavy atom. The van der Waals surface area contributed by atoms with Gasteiger partial charge in [-0.25, -0.2) is 13.8 Å². The number of nitrogens with one attached hydrogen (secondary N) is 2. The van der Waals surface area contributed by atoms with Crippen molar-refractivity contribution in [2.45, 2.75) is 6.43 Å². The van der Waals surface area contributed by atoms with Crippen molar-refractivity contribution >= 4 is 22.7 Å². The fourth-order valence-corrected chi connectivity index (χ4v) is 4.25. The molecule has 5 rings (SSSR count). The van der Waals surface area contributed by atoms with Gasteiger partial charge in [0.25, 0.3) is 6.43 Å². The summed E-state index contributed by atoms with van der Waals surface area (Å²) >= 11 is 0. The quantitative estimate of drug-likeness (QED) is 0.468. The highest BCUT2D eigenvalue weighted by atomic mass is 19.3. The number of imidazole rings is 1. The van der Waals surface area contributed by atoms with Crippen molar-refractivity contribution in [3.63, 3.8) is 0 Å². The molecule has 1 aromatic carbocycles. The van der Waals surface area contributed by atoms with Gasteiger partial charge in [0.15, 0.2) is 5.65 Å². The number of nitrogens with zero attached hydrogens (tertiary/aromatic N) is 4. The van der Waals surface area contributed by atoms with Crippen LogP contribution in [-0.4, -0.2) is 58.4 Å². The molecule has 0 spiro atoms. The zero-order valence-corrected chi connectivity index (χ0v) is 17.9. The van der Waals surface area contributed by atoms with Gasteiger partial charge in [-0.1, -0.05) is 0 Å². The van der Waals surface area contributed by atoms with Crippen molar-refractivity contribution in [3.05, 3.63) is 77.5 Å². The number of fused-ring (bicyclic) bond motifs is 1. The third-order valence-corrected chi connectivity index (χ3v) is 5.90. The van der Waals surface area contributed by atoms with E-state index in [0.29, 0.717) is 13.1 Å². The lowest BCUT2D eigenvalue weighted by Crippen LogP contribution is -2.47. The molecular weight excluding hydrogens is 426 g/mol. The van der Waals surface area contributed by atoms with Gasteiger partial charge in [0.05, 0.1) is 17.9 Å². The number of aromatic amines is 1. The molecule has 7 nitrogen and oxygen atoms in total. The normalized spacial score (nSPS) is 14.8. The van der Waals surface area contributed by atoms with Crippen molar-refractivity contribution in [1.29, 1.82) is 0 Å². The van der Waals surface area contributed by atoms with Gasteiger partial charge in [-0.15, -0.1) is 0 Å². The van der Waals surface area contributed by atoms with Crippen LogP contribution in [0.5, 0.6) is 0 Å². The number of piperazine rings is 1. The minimum atomic E-state index is -2.28.